The van der Waals surface area contributed by atoms with E-state index in [0.29, 0.717) is 5.69 Å². The number of aliphatic hydroxyl groups excluding tert-OH is 2. The average molecular weight is 269 g/mol. The third kappa shape index (κ3) is 3.40. The molecular weight excluding hydrogens is 253 g/mol. The Morgan fingerprint density at radius 1 is 1.42 bits per heavy atom. The van der Waals surface area contributed by atoms with Crippen molar-refractivity contribution in [3.63, 3.8) is 0 Å². The molecule has 1 aromatic carbocycles. The number of β-amino-alcohol motifs (C(OH)–C–C–N with tert-alkyl or cyclic N) is 2. The molecule has 5 N–H and O–H groups in total. The summed E-state index contributed by atoms with van der Waals surface area (Å²) in [7, 11) is 0. The molecule has 7 heteroatoms. The number of aliphatic hydroxyl groups is 2. The lowest BCUT2D eigenvalue weighted by Gasteiger charge is -2.14. The minimum atomic E-state index is -0.850. The maximum Gasteiger partial charge on any atom is 0.238 e. The molecule has 6 nitrogen and oxygen atoms in total. The zero-order valence-electron chi connectivity index (χ0n) is 10.2. The van der Waals surface area contributed by atoms with E-state index in [2.05, 4.69) is 5.32 Å². The predicted molar refractivity (Wildman–Crippen MR) is 67.9 cm³/mol. The van der Waals surface area contributed by atoms with Crippen LogP contribution in [0.5, 0.6) is 0 Å². The second kappa shape index (κ2) is 5.52. The van der Waals surface area contributed by atoms with Gasteiger partial charge in [0, 0.05) is 18.8 Å². The van der Waals surface area contributed by atoms with E-state index in [4.69, 9.17) is 5.73 Å². The molecule has 0 aliphatic carbocycles. The highest BCUT2D eigenvalue weighted by Crippen LogP contribution is 2.17. The van der Waals surface area contributed by atoms with Gasteiger partial charge in [-0.15, -0.1) is 0 Å². The number of nitrogens with two attached hydrogens (primary N) is 1. The van der Waals surface area contributed by atoms with Gasteiger partial charge < -0.3 is 21.3 Å². The van der Waals surface area contributed by atoms with Gasteiger partial charge in [0.05, 0.1) is 24.4 Å². The van der Waals surface area contributed by atoms with Crippen molar-refractivity contribution in [1.82, 2.24) is 4.90 Å². The van der Waals surface area contributed by atoms with Gasteiger partial charge in [-0.1, -0.05) is 0 Å². The number of nitrogens with one attached hydrogen (secondary N) is 1. The molecule has 2 rings (SSSR count). The highest BCUT2D eigenvalue weighted by Gasteiger charge is 2.30. The lowest BCUT2D eigenvalue weighted by Crippen LogP contribution is -2.32. The Hall–Kier alpha value is -1.70. The number of carbonyl (C=O) groups is 1. The van der Waals surface area contributed by atoms with Gasteiger partial charge in [0.1, 0.15) is 5.82 Å². The molecule has 0 aromatic heterocycles. The summed E-state index contributed by atoms with van der Waals surface area (Å²) >= 11 is 0. The zero-order valence-corrected chi connectivity index (χ0v) is 10.2. The zero-order chi connectivity index (χ0) is 14.0. The van der Waals surface area contributed by atoms with Gasteiger partial charge in [0.15, 0.2) is 0 Å². The summed E-state index contributed by atoms with van der Waals surface area (Å²) in [6, 6.07) is 3.91. The van der Waals surface area contributed by atoms with Gasteiger partial charge >= 0.3 is 0 Å². The van der Waals surface area contributed by atoms with Gasteiger partial charge in [0.2, 0.25) is 5.91 Å². The normalized spacial score (nSPS) is 23.5. The first kappa shape index (κ1) is 13.7. The molecule has 1 heterocycles. The molecule has 0 saturated carbocycles. The number of rotatable bonds is 3. The van der Waals surface area contributed by atoms with E-state index in [9.17, 15) is 19.4 Å². The van der Waals surface area contributed by atoms with E-state index in [0.717, 1.165) is 0 Å². The van der Waals surface area contributed by atoms with Crippen LogP contribution in [-0.2, 0) is 4.79 Å². The average Bonchev–Trinajstić information content (AvgIpc) is 2.63. The van der Waals surface area contributed by atoms with Gasteiger partial charge in [-0.2, -0.15) is 0 Å². The molecule has 19 heavy (non-hydrogen) atoms. The second-order valence-corrected chi connectivity index (χ2v) is 4.62. The van der Waals surface area contributed by atoms with Gasteiger partial charge in [0.25, 0.3) is 0 Å². The Balaban J connectivity index is 1.93. The number of halogens is 1. The van der Waals surface area contributed by atoms with Crippen LogP contribution in [0.3, 0.4) is 0 Å². The van der Waals surface area contributed by atoms with Crippen LogP contribution in [0.4, 0.5) is 15.8 Å². The number of likely N-dealkylation sites (tertiary alicyclic amines) is 1. The summed E-state index contributed by atoms with van der Waals surface area (Å²) in [5, 5.41) is 21.1. The first-order valence-electron chi connectivity index (χ1n) is 5.89. The van der Waals surface area contributed by atoms with Crippen LogP contribution in [0.15, 0.2) is 18.2 Å². The molecular formula is C12H16FN3O3. The SMILES string of the molecule is Nc1ccc(F)c(NC(=O)CN2CC(O)C(O)C2)c1. The van der Waals surface area contributed by atoms with Crippen molar-refractivity contribution in [3.8, 4) is 0 Å². The fraction of sp³-hybridized carbons (Fsp3) is 0.417. The molecule has 1 aliphatic heterocycles. The number of nitrogen functional groups attached to an aromatic ring is 1. The van der Waals surface area contributed by atoms with Crippen molar-refractivity contribution in [2.24, 2.45) is 0 Å². The lowest BCUT2D eigenvalue weighted by atomic mass is 10.2. The molecule has 0 spiro atoms. The summed E-state index contributed by atoms with van der Waals surface area (Å²) in [6.07, 6.45) is -1.70. The largest absolute Gasteiger partial charge is 0.399 e. The number of carbonyl (C=O) groups excluding carboxylic acids is 1. The molecule has 1 fully saturated rings. The van der Waals surface area contributed by atoms with Crippen molar-refractivity contribution < 1.29 is 19.4 Å². The summed E-state index contributed by atoms with van der Waals surface area (Å²) in [6.45, 7) is 0.407. The van der Waals surface area contributed by atoms with E-state index in [-0.39, 0.29) is 25.3 Å². The Morgan fingerprint density at radius 2 is 2.05 bits per heavy atom. The van der Waals surface area contributed by atoms with Crippen LogP contribution in [0.1, 0.15) is 0 Å². The monoisotopic (exact) mass is 269 g/mol. The molecule has 1 saturated heterocycles. The van der Waals surface area contributed by atoms with Crippen LogP contribution in [0, 0.1) is 5.82 Å². The van der Waals surface area contributed by atoms with E-state index < -0.39 is 23.9 Å². The Kier molecular flexibility index (Phi) is 3.98. The third-order valence-electron chi connectivity index (χ3n) is 2.97. The molecule has 0 radical (unpaired) electrons. The standard InChI is InChI=1S/C12H16FN3O3/c13-8-2-1-7(14)3-9(8)15-12(19)6-16-4-10(17)11(18)5-16/h1-3,10-11,17-18H,4-6,14H2,(H,15,19). The topological polar surface area (TPSA) is 98.8 Å². The van der Waals surface area contributed by atoms with Crippen LogP contribution in [0.2, 0.25) is 0 Å². The van der Waals surface area contributed by atoms with Gasteiger partial charge in [-0.25, -0.2) is 4.39 Å². The van der Waals surface area contributed by atoms with E-state index in [1.165, 1.54) is 18.2 Å². The molecule has 1 aromatic rings. The van der Waals surface area contributed by atoms with E-state index >= 15 is 0 Å². The molecule has 2 atom stereocenters. The highest BCUT2D eigenvalue weighted by atomic mass is 19.1. The predicted octanol–water partition coefficient (Wildman–Crippen LogP) is -0.616. The minimum Gasteiger partial charge on any atom is -0.399 e. The van der Waals surface area contributed by atoms with Crippen molar-refractivity contribution in [1.29, 1.82) is 0 Å². The minimum absolute atomic E-state index is 0.0188. The number of amides is 1. The summed E-state index contributed by atoms with van der Waals surface area (Å²) in [5.74, 6) is -0.991. The van der Waals surface area contributed by atoms with Gasteiger partial charge in [-0.3, -0.25) is 9.69 Å². The van der Waals surface area contributed by atoms with Crippen LogP contribution >= 0.6 is 0 Å². The number of benzene rings is 1. The number of hydrogen-bond acceptors (Lipinski definition) is 5. The first-order valence-corrected chi connectivity index (χ1v) is 5.89. The maximum atomic E-state index is 13.4. The Morgan fingerprint density at radius 3 is 2.68 bits per heavy atom. The quantitative estimate of drug-likeness (QED) is 0.548. The summed E-state index contributed by atoms with van der Waals surface area (Å²) in [5.41, 5.74) is 5.88. The fourth-order valence-corrected chi connectivity index (χ4v) is 2.01. The fourth-order valence-electron chi connectivity index (χ4n) is 2.01. The lowest BCUT2D eigenvalue weighted by molar-refractivity contribution is -0.117. The molecule has 1 aliphatic rings. The van der Waals surface area contributed by atoms with E-state index in [1.54, 1.807) is 4.90 Å². The maximum absolute atomic E-state index is 13.4. The summed E-state index contributed by atoms with van der Waals surface area (Å²) < 4.78 is 13.4. The van der Waals surface area contributed by atoms with Crippen molar-refractivity contribution in [2.45, 2.75) is 12.2 Å². The van der Waals surface area contributed by atoms with E-state index in [1.807, 2.05) is 0 Å². The Labute approximate surface area is 109 Å². The first-order chi connectivity index (χ1) is 8.95. The molecule has 2 unspecified atom stereocenters. The summed E-state index contributed by atoms with van der Waals surface area (Å²) in [4.78, 5) is 13.3. The third-order valence-corrected chi connectivity index (χ3v) is 2.97. The van der Waals surface area contributed by atoms with Crippen LogP contribution in [-0.4, -0.2) is 52.9 Å². The molecule has 104 valence electrons. The molecule has 0 bridgehead atoms. The number of nitrogens with zero attached hydrogens (tertiary/aromatic N) is 1. The van der Waals surface area contributed by atoms with Crippen molar-refractivity contribution in [2.75, 3.05) is 30.7 Å². The highest BCUT2D eigenvalue weighted by molar-refractivity contribution is 5.92. The van der Waals surface area contributed by atoms with Gasteiger partial charge in [-0.05, 0) is 18.2 Å². The molecule has 1 amide bonds. The van der Waals surface area contributed by atoms with Crippen molar-refractivity contribution in [3.05, 3.63) is 24.0 Å². The van der Waals surface area contributed by atoms with Crippen molar-refractivity contribution >= 4 is 17.3 Å². The smallest absolute Gasteiger partial charge is 0.238 e. The second-order valence-electron chi connectivity index (χ2n) is 4.62. The van der Waals surface area contributed by atoms with Crippen LogP contribution < -0.4 is 11.1 Å². The number of hydrogen-bond donors (Lipinski definition) is 4. The number of anilines is 2. The van der Waals surface area contributed by atoms with Crippen LogP contribution in [0.25, 0.3) is 0 Å². The Bertz CT molecular complexity index is 473.